The fraction of sp³-hybridized carbons (Fsp3) is 0.909. The molecule has 2 aliphatic rings. The Kier molecular flexibility index (Phi) is 3.35. The first-order valence-electron chi connectivity index (χ1n) is 6.08. The molecule has 5 heteroatoms. The number of ketones is 1. The fourth-order valence-electron chi connectivity index (χ4n) is 2.93. The molecule has 2 fully saturated rings. The van der Waals surface area contributed by atoms with Gasteiger partial charge in [0.15, 0.2) is 0 Å². The molecule has 2 unspecified atom stereocenters. The van der Waals surface area contributed by atoms with Crippen molar-refractivity contribution in [3.63, 3.8) is 0 Å². The van der Waals surface area contributed by atoms with E-state index in [0.29, 0.717) is 13.0 Å². The lowest BCUT2D eigenvalue weighted by Crippen LogP contribution is -2.42. The summed E-state index contributed by atoms with van der Waals surface area (Å²) >= 11 is 0. The fourth-order valence-corrected chi connectivity index (χ4v) is 4.33. The Hall–Kier alpha value is -0.420. The van der Waals surface area contributed by atoms with Gasteiger partial charge in [0.05, 0.1) is 5.75 Å². The monoisotopic (exact) mass is 245 g/mol. The van der Waals surface area contributed by atoms with Gasteiger partial charge in [0.2, 0.25) is 10.0 Å². The summed E-state index contributed by atoms with van der Waals surface area (Å²) in [6, 6.07) is -0.0417. The number of carbonyl (C=O) groups excluding carboxylic acids is 1. The van der Waals surface area contributed by atoms with Gasteiger partial charge in [-0.15, -0.1) is 0 Å². The van der Waals surface area contributed by atoms with Crippen LogP contribution in [0.3, 0.4) is 0 Å². The Morgan fingerprint density at radius 2 is 2.06 bits per heavy atom. The second kappa shape index (κ2) is 4.45. The molecule has 0 bridgehead atoms. The van der Waals surface area contributed by atoms with Crippen LogP contribution in [0.15, 0.2) is 0 Å². The van der Waals surface area contributed by atoms with E-state index < -0.39 is 10.0 Å². The average Bonchev–Trinajstić information content (AvgIpc) is 2.85. The lowest BCUT2D eigenvalue weighted by molar-refractivity contribution is -0.121. The predicted molar refractivity (Wildman–Crippen MR) is 61.5 cm³/mol. The molecule has 16 heavy (non-hydrogen) atoms. The van der Waals surface area contributed by atoms with E-state index in [0.717, 1.165) is 25.7 Å². The summed E-state index contributed by atoms with van der Waals surface area (Å²) in [5.41, 5.74) is 0. The maximum Gasteiger partial charge on any atom is 0.214 e. The summed E-state index contributed by atoms with van der Waals surface area (Å²) in [6.07, 6.45) is 4.20. The van der Waals surface area contributed by atoms with Gasteiger partial charge in [-0.25, -0.2) is 8.42 Å². The number of rotatable bonds is 3. The van der Waals surface area contributed by atoms with Crippen molar-refractivity contribution in [2.45, 2.75) is 45.1 Å². The molecule has 4 nitrogen and oxygen atoms in total. The van der Waals surface area contributed by atoms with Gasteiger partial charge in [-0.2, -0.15) is 4.31 Å². The standard InChI is InChI=1S/C11H19NO3S/c1-2-16(14,15)12-8-4-6-10(12)9-5-3-7-11(9)13/h9-10H,2-8H2,1H3. The zero-order valence-corrected chi connectivity index (χ0v) is 10.5. The number of Topliss-reactive ketones (excluding diaryl/α,β-unsaturated/α-hetero) is 1. The minimum atomic E-state index is -3.13. The molecule has 0 aromatic rings. The first-order valence-corrected chi connectivity index (χ1v) is 7.69. The highest BCUT2D eigenvalue weighted by atomic mass is 32.2. The van der Waals surface area contributed by atoms with Gasteiger partial charge in [0.1, 0.15) is 5.78 Å². The van der Waals surface area contributed by atoms with Gasteiger partial charge in [-0.3, -0.25) is 4.79 Å². The van der Waals surface area contributed by atoms with Gasteiger partial charge in [0.25, 0.3) is 0 Å². The average molecular weight is 245 g/mol. The number of hydrogen-bond donors (Lipinski definition) is 0. The molecule has 1 aliphatic heterocycles. The molecule has 0 N–H and O–H groups in total. The lowest BCUT2D eigenvalue weighted by Gasteiger charge is -2.27. The summed E-state index contributed by atoms with van der Waals surface area (Å²) in [7, 11) is -3.13. The Bertz CT molecular complexity index is 377. The van der Waals surface area contributed by atoms with E-state index in [9.17, 15) is 13.2 Å². The van der Waals surface area contributed by atoms with Gasteiger partial charge < -0.3 is 0 Å². The minimum Gasteiger partial charge on any atom is -0.299 e. The summed E-state index contributed by atoms with van der Waals surface area (Å²) in [4.78, 5) is 11.7. The van der Waals surface area contributed by atoms with Gasteiger partial charge in [-0.1, -0.05) is 0 Å². The molecule has 1 saturated carbocycles. The molecule has 1 heterocycles. The molecule has 0 aromatic carbocycles. The van der Waals surface area contributed by atoms with Crippen LogP contribution in [0.1, 0.15) is 39.0 Å². The van der Waals surface area contributed by atoms with Crippen LogP contribution in [0.4, 0.5) is 0 Å². The van der Waals surface area contributed by atoms with Crippen molar-refractivity contribution in [1.29, 1.82) is 0 Å². The zero-order chi connectivity index (χ0) is 11.8. The largest absolute Gasteiger partial charge is 0.299 e. The van der Waals surface area contributed by atoms with Crippen LogP contribution < -0.4 is 0 Å². The van der Waals surface area contributed by atoms with Crippen molar-refractivity contribution in [2.24, 2.45) is 5.92 Å². The van der Waals surface area contributed by atoms with Crippen LogP contribution in [0.2, 0.25) is 0 Å². The third-order valence-electron chi connectivity index (χ3n) is 3.79. The number of hydrogen-bond acceptors (Lipinski definition) is 3. The molecule has 0 spiro atoms. The smallest absolute Gasteiger partial charge is 0.214 e. The maximum atomic E-state index is 11.9. The second-order valence-corrected chi connectivity index (χ2v) is 6.90. The first kappa shape index (κ1) is 12.0. The highest BCUT2D eigenvalue weighted by molar-refractivity contribution is 7.89. The zero-order valence-electron chi connectivity index (χ0n) is 9.68. The summed E-state index contributed by atoms with van der Waals surface area (Å²) in [6.45, 7) is 2.27. The van der Waals surface area contributed by atoms with Crippen LogP contribution in [-0.2, 0) is 14.8 Å². The first-order chi connectivity index (χ1) is 7.56. The Labute approximate surface area is 97.1 Å². The molecule has 1 saturated heterocycles. The molecule has 1 aliphatic carbocycles. The highest BCUT2D eigenvalue weighted by Gasteiger charge is 2.42. The van der Waals surface area contributed by atoms with Crippen molar-refractivity contribution >= 4 is 15.8 Å². The van der Waals surface area contributed by atoms with E-state index >= 15 is 0 Å². The van der Waals surface area contributed by atoms with Crippen LogP contribution in [-0.4, -0.2) is 36.8 Å². The molecule has 0 amide bonds. The molecule has 0 aromatic heterocycles. The van der Waals surface area contributed by atoms with Gasteiger partial charge in [-0.05, 0) is 32.6 Å². The molecule has 0 radical (unpaired) electrons. The van der Waals surface area contributed by atoms with Crippen molar-refractivity contribution < 1.29 is 13.2 Å². The van der Waals surface area contributed by atoms with Gasteiger partial charge in [0, 0.05) is 24.9 Å². The van der Waals surface area contributed by atoms with E-state index in [4.69, 9.17) is 0 Å². The molecular weight excluding hydrogens is 226 g/mol. The summed E-state index contributed by atoms with van der Waals surface area (Å²) in [5, 5.41) is 0. The summed E-state index contributed by atoms with van der Waals surface area (Å²) < 4.78 is 25.4. The molecular formula is C11H19NO3S. The Balaban J connectivity index is 2.18. The van der Waals surface area contributed by atoms with E-state index in [1.54, 1.807) is 11.2 Å². The second-order valence-electron chi connectivity index (χ2n) is 4.69. The van der Waals surface area contributed by atoms with E-state index in [2.05, 4.69) is 0 Å². The third-order valence-corrected chi connectivity index (χ3v) is 5.68. The van der Waals surface area contributed by atoms with Crippen molar-refractivity contribution in [1.82, 2.24) is 4.31 Å². The van der Waals surface area contributed by atoms with Crippen LogP contribution in [0.5, 0.6) is 0 Å². The third kappa shape index (κ3) is 2.02. The number of nitrogens with zero attached hydrogens (tertiary/aromatic N) is 1. The minimum absolute atomic E-state index is 0.0242. The SMILES string of the molecule is CCS(=O)(=O)N1CCCC1C1CCCC1=O. The molecule has 2 atom stereocenters. The Morgan fingerprint density at radius 1 is 1.31 bits per heavy atom. The topological polar surface area (TPSA) is 54.5 Å². The highest BCUT2D eigenvalue weighted by Crippen LogP contribution is 2.34. The maximum absolute atomic E-state index is 11.9. The summed E-state index contributed by atoms with van der Waals surface area (Å²) in [5.74, 6) is 0.386. The number of carbonyl (C=O) groups is 1. The van der Waals surface area contributed by atoms with Crippen LogP contribution >= 0.6 is 0 Å². The Morgan fingerprint density at radius 3 is 2.62 bits per heavy atom. The van der Waals surface area contributed by atoms with Crippen LogP contribution in [0, 0.1) is 5.92 Å². The molecule has 2 rings (SSSR count). The normalized spacial score (nSPS) is 32.4. The quantitative estimate of drug-likeness (QED) is 0.750. The van der Waals surface area contributed by atoms with Crippen molar-refractivity contribution in [3.8, 4) is 0 Å². The lowest BCUT2D eigenvalue weighted by atomic mass is 9.96. The predicted octanol–water partition coefficient (Wildman–Crippen LogP) is 1.17. The van der Waals surface area contributed by atoms with E-state index in [1.807, 2.05) is 0 Å². The van der Waals surface area contributed by atoms with E-state index in [-0.39, 0.29) is 23.5 Å². The number of sulfonamides is 1. The van der Waals surface area contributed by atoms with Crippen molar-refractivity contribution in [3.05, 3.63) is 0 Å². The van der Waals surface area contributed by atoms with E-state index in [1.165, 1.54) is 0 Å². The molecule has 92 valence electrons. The van der Waals surface area contributed by atoms with Gasteiger partial charge >= 0.3 is 0 Å². The van der Waals surface area contributed by atoms with Crippen LogP contribution in [0.25, 0.3) is 0 Å². The van der Waals surface area contributed by atoms with Crippen molar-refractivity contribution in [2.75, 3.05) is 12.3 Å².